The van der Waals surface area contributed by atoms with Crippen molar-refractivity contribution in [3.63, 3.8) is 0 Å². The van der Waals surface area contributed by atoms with Crippen molar-refractivity contribution in [2.75, 3.05) is 0 Å². The summed E-state index contributed by atoms with van der Waals surface area (Å²) in [5.74, 6) is -1.79. The number of nitriles is 1. The summed E-state index contributed by atoms with van der Waals surface area (Å²) in [6, 6.07) is 23.2. The number of ether oxygens (including phenoxy) is 1. The van der Waals surface area contributed by atoms with Gasteiger partial charge in [0.05, 0.1) is 18.2 Å². The molecular formula is C28H25N3O5. The topological polar surface area (TPSA) is 120 Å². The summed E-state index contributed by atoms with van der Waals surface area (Å²) in [5, 5.41) is 21.5. The van der Waals surface area contributed by atoms with E-state index in [1.54, 1.807) is 24.3 Å². The number of carboxylic acid groups (broad SMARTS) is 1. The Bertz CT molecular complexity index is 1300. The minimum absolute atomic E-state index is 0.00163. The van der Waals surface area contributed by atoms with Crippen LogP contribution < -0.4 is 5.32 Å². The van der Waals surface area contributed by atoms with Gasteiger partial charge in [-0.1, -0.05) is 66.7 Å². The lowest BCUT2D eigenvalue weighted by Crippen LogP contribution is -2.56. The van der Waals surface area contributed by atoms with E-state index in [1.807, 2.05) is 60.7 Å². The number of hydrogen-bond acceptors (Lipinski definition) is 5. The molecule has 2 atom stereocenters. The van der Waals surface area contributed by atoms with E-state index in [0.717, 1.165) is 16.7 Å². The van der Waals surface area contributed by atoms with Crippen molar-refractivity contribution >= 4 is 18.0 Å². The lowest BCUT2D eigenvalue weighted by Gasteiger charge is -2.35. The highest BCUT2D eigenvalue weighted by Crippen LogP contribution is 2.25. The van der Waals surface area contributed by atoms with Crippen molar-refractivity contribution in [3.8, 4) is 6.07 Å². The van der Waals surface area contributed by atoms with Gasteiger partial charge in [0.25, 0.3) is 0 Å². The van der Waals surface area contributed by atoms with Crippen LogP contribution in [0.3, 0.4) is 0 Å². The number of carbonyl (C=O) groups is 3. The highest BCUT2D eigenvalue weighted by atomic mass is 16.6. The second-order valence-electron chi connectivity index (χ2n) is 8.57. The number of nitrogens with one attached hydrogen (secondary N) is 1. The van der Waals surface area contributed by atoms with E-state index in [2.05, 4.69) is 5.32 Å². The molecule has 0 bridgehead atoms. The molecular weight excluding hydrogens is 458 g/mol. The standard InChI is InChI=1S/C28H25N3O5/c29-16-21-10-6-9-20(13-21)14-24(27(33)34)30-26(32)25-15-22-11-4-5-12-23(22)17-31(25)28(35)36-18-19-7-2-1-3-8-19/h1-13,24-25H,14-15,17-18H2,(H,30,32)(H,33,34)/t24-,25+/m1/s1. The zero-order valence-corrected chi connectivity index (χ0v) is 19.5. The SMILES string of the molecule is N#Cc1cccc(C[C@@H](NC(=O)[C@@H]2Cc3ccccc3CN2C(=O)OCc2ccccc2)C(=O)O)c1. The Hall–Kier alpha value is -4.64. The predicted molar refractivity (Wildman–Crippen MR) is 131 cm³/mol. The van der Waals surface area contributed by atoms with Gasteiger partial charge >= 0.3 is 12.1 Å². The quantitative estimate of drug-likeness (QED) is 0.531. The maximum atomic E-state index is 13.3. The molecule has 8 heteroatoms. The first-order valence-electron chi connectivity index (χ1n) is 11.5. The van der Waals surface area contributed by atoms with Crippen molar-refractivity contribution in [2.24, 2.45) is 0 Å². The third-order valence-corrected chi connectivity index (χ3v) is 6.10. The fraction of sp³-hybridized carbons (Fsp3) is 0.214. The molecule has 1 aliphatic heterocycles. The molecule has 0 unspecified atom stereocenters. The molecule has 0 aromatic heterocycles. The lowest BCUT2D eigenvalue weighted by molar-refractivity contribution is -0.142. The van der Waals surface area contributed by atoms with E-state index >= 15 is 0 Å². The number of carboxylic acids is 1. The van der Waals surface area contributed by atoms with Crippen LogP contribution >= 0.6 is 0 Å². The van der Waals surface area contributed by atoms with Crippen LogP contribution in [0.1, 0.15) is 27.8 Å². The van der Waals surface area contributed by atoms with Crippen molar-refractivity contribution in [3.05, 3.63) is 107 Å². The fourth-order valence-corrected chi connectivity index (χ4v) is 4.22. The van der Waals surface area contributed by atoms with Gasteiger partial charge < -0.3 is 15.2 Å². The van der Waals surface area contributed by atoms with Crippen LogP contribution in [0.2, 0.25) is 0 Å². The monoisotopic (exact) mass is 483 g/mol. The minimum atomic E-state index is -1.23. The van der Waals surface area contributed by atoms with Crippen molar-refractivity contribution in [1.82, 2.24) is 10.2 Å². The first-order valence-corrected chi connectivity index (χ1v) is 11.5. The highest BCUT2D eigenvalue weighted by molar-refractivity contribution is 5.90. The Labute approximate surface area is 208 Å². The minimum Gasteiger partial charge on any atom is -0.480 e. The molecule has 1 aliphatic rings. The van der Waals surface area contributed by atoms with E-state index in [0.29, 0.717) is 11.1 Å². The number of amides is 2. The molecule has 2 N–H and O–H groups in total. The van der Waals surface area contributed by atoms with Gasteiger partial charge in [0.15, 0.2) is 0 Å². The number of fused-ring (bicyclic) bond motifs is 1. The maximum Gasteiger partial charge on any atom is 0.411 e. The van der Waals surface area contributed by atoms with E-state index in [9.17, 15) is 19.5 Å². The molecule has 0 radical (unpaired) electrons. The van der Waals surface area contributed by atoms with Crippen molar-refractivity contribution in [1.29, 1.82) is 5.26 Å². The number of carbonyl (C=O) groups excluding carboxylic acids is 2. The van der Waals surface area contributed by atoms with Gasteiger partial charge in [0, 0.05) is 12.8 Å². The van der Waals surface area contributed by atoms with Gasteiger partial charge in [0.1, 0.15) is 18.7 Å². The summed E-state index contributed by atoms with van der Waals surface area (Å²) in [5.41, 5.74) is 3.64. The molecule has 4 rings (SSSR count). The number of nitrogens with zero attached hydrogens (tertiary/aromatic N) is 2. The summed E-state index contributed by atoms with van der Waals surface area (Å²) < 4.78 is 5.50. The molecule has 0 aliphatic carbocycles. The average molecular weight is 484 g/mol. The van der Waals surface area contributed by atoms with Crippen molar-refractivity contribution < 1.29 is 24.2 Å². The highest BCUT2D eigenvalue weighted by Gasteiger charge is 2.37. The molecule has 1 heterocycles. The van der Waals surface area contributed by atoms with Gasteiger partial charge in [-0.25, -0.2) is 9.59 Å². The summed E-state index contributed by atoms with van der Waals surface area (Å²) in [6.45, 7) is 0.225. The molecule has 0 saturated heterocycles. The normalized spacial score (nSPS) is 15.2. The number of aliphatic carboxylic acids is 1. The Morgan fingerprint density at radius 2 is 1.69 bits per heavy atom. The second-order valence-corrected chi connectivity index (χ2v) is 8.57. The number of rotatable bonds is 7. The van der Waals surface area contributed by atoms with E-state index in [1.165, 1.54) is 4.90 Å². The Kier molecular flexibility index (Phi) is 7.61. The third kappa shape index (κ3) is 5.88. The summed E-state index contributed by atoms with van der Waals surface area (Å²) >= 11 is 0. The number of benzene rings is 3. The smallest absolute Gasteiger partial charge is 0.411 e. The molecule has 0 saturated carbocycles. The molecule has 3 aromatic rings. The fourth-order valence-electron chi connectivity index (χ4n) is 4.22. The molecule has 2 amide bonds. The van der Waals surface area contributed by atoms with Gasteiger partial charge in [-0.05, 0) is 34.4 Å². The predicted octanol–water partition coefficient (Wildman–Crippen LogP) is 3.43. The molecule has 3 aromatic carbocycles. The first-order chi connectivity index (χ1) is 17.4. The second kappa shape index (κ2) is 11.2. The zero-order chi connectivity index (χ0) is 25.5. The van der Waals surface area contributed by atoms with Gasteiger partial charge in [-0.2, -0.15) is 5.26 Å². The molecule has 36 heavy (non-hydrogen) atoms. The maximum absolute atomic E-state index is 13.3. The largest absolute Gasteiger partial charge is 0.480 e. The summed E-state index contributed by atoms with van der Waals surface area (Å²) in [7, 11) is 0. The summed E-state index contributed by atoms with van der Waals surface area (Å²) in [6.07, 6.45) is -0.418. The van der Waals surface area contributed by atoms with E-state index in [4.69, 9.17) is 10.00 Å². The van der Waals surface area contributed by atoms with Crippen LogP contribution in [-0.2, 0) is 40.3 Å². The lowest BCUT2D eigenvalue weighted by atomic mass is 9.93. The third-order valence-electron chi connectivity index (χ3n) is 6.10. The molecule has 0 fully saturated rings. The van der Waals surface area contributed by atoms with Gasteiger partial charge in [0.2, 0.25) is 5.91 Å². The van der Waals surface area contributed by atoms with Crippen LogP contribution in [0.4, 0.5) is 4.79 Å². The van der Waals surface area contributed by atoms with Crippen molar-refractivity contribution in [2.45, 2.75) is 38.1 Å². The molecule has 0 spiro atoms. The summed E-state index contributed by atoms with van der Waals surface area (Å²) in [4.78, 5) is 39.7. The Morgan fingerprint density at radius 3 is 2.42 bits per heavy atom. The Morgan fingerprint density at radius 1 is 1.00 bits per heavy atom. The van der Waals surface area contributed by atoms with Crippen LogP contribution in [0.25, 0.3) is 0 Å². The molecule has 8 nitrogen and oxygen atoms in total. The van der Waals surface area contributed by atoms with Crippen LogP contribution in [0.5, 0.6) is 0 Å². The molecule has 182 valence electrons. The van der Waals surface area contributed by atoms with Crippen LogP contribution in [0, 0.1) is 11.3 Å². The Balaban J connectivity index is 1.52. The van der Waals surface area contributed by atoms with E-state index < -0.39 is 30.1 Å². The van der Waals surface area contributed by atoms with E-state index in [-0.39, 0.29) is 26.0 Å². The van der Waals surface area contributed by atoms with Crippen LogP contribution in [-0.4, -0.2) is 40.1 Å². The van der Waals surface area contributed by atoms with Gasteiger partial charge in [-0.15, -0.1) is 0 Å². The first kappa shape index (κ1) is 24.5. The average Bonchev–Trinajstić information content (AvgIpc) is 2.91. The van der Waals surface area contributed by atoms with Gasteiger partial charge in [-0.3, -0.25) is 9.69 Å². The zero-order valence-electron chi connectivity index (χ0n) is 19.5. The van der Waals surface area contributed by atoms with Crippen LogP contribution in [0.15, 0.2) is 78.9 Å². The number of hydrogen-bond donors (Lipinski definition) is 2.